The number of rotatable bonds is 2. The molecule has 0 unspecified atom stereocenters. The van der Waals surface area contributed by atoms with Crippen LogP contribution in [0.15, 0.2) is 17.5 Å². The number of carbonyl (C=O) groups excluding carboxylic acids is 2. The van der Waals surface area contributed by atoms with Crippen molar-refractivity contribution in [2.75, 3.05) is 26.2 Å². The van der Waals surface area contributed by atoms with Crippen molar-refractivity contribution < 1.29 is 9.59 Å². The second kappa shape index (κ2) is 6.15. The molecular weight excluding hydrogens is 286 g/mol. The van der Waals surface area contributed by atoms with Crippen molar-refractivity contribution in [3.05, 3.63) is 22.4 Å². The van der Waals surface area contributed by atoms with Crippen molar-refractivity contribution in [1.29, 1.82) is 0 Å². The maximum absolute atomic E-state index is 12.3. The second-order valence-electron chi connectivity index (χ2n) is 6.44. The third-order valence-corrected chi connectivity index (χ3v) is 4.67. The molecule has 2 N–H and O–H groups in total. The van der Waals surface area contributed by atoms with Gasteiger partial charge < -0.3 is 15.5 Å². The molecule has 0 radical (unpaired) electrons. The molecule has 1 atom stereocenters. The highest BCUT2D eigenvalue weighted by Crippen LogP contribution is 2.20. The second-order valence-corrected chi connectivity index (χ2v) is 7.39. The van der Waals surface area contributed by atoms with Gasteiger partial charge in [0.25, 0.3) is 5.91 Å². The molecule has 1 aliphatic rings. The van der Waals surface area contributed by atoms with Crippen LogP contribution >= 0.6 is 11.3 Å². The number of hydrogen-bond acceptors (Lipinski definition) is 4. The van der Waals surface area contributed by atoms with Crippen LogP contribution in [-0.4, -0.2) is 53.8 Å². The van der Waals surface area contributed by atoms with Gasteiger partial charge in [-0.1, -0.05) is 26.8 Å². The zero-order valence-corrected chi connectivity index (χ0v) is 13.7. The van der Waals surface area contributed by atoms with Crippen LogP contribution in [0.4, 0.5) is 0 Å². The summed E-state index contributed by atoms with van der Waals surface area (Å²) in [5.74, 6) is 0.0305. The van der Waals surface area contributed by atoms with E-state index in [9.17, 15) is 9.59 Å². The molecule has 0 saturated carbocycles. The smallest absolute Gasteiger partial charge is 0.264 e. The lowest BCUT2D eigenvalue weighted by atomic mass is 9.86. The van der Waals surface area contributed by atoms with Gasteiger partial charge in [0.1, 0.15) is 0 Å². The van der Waals surface area contributed by atoms with Crippen LogP contribution in [0.5, 0.6) is 0 Å². The van der Waals surface area contributed by atoms with Gasteiger partial charge in [-0.15, -0.1) is 11.3 Å². The van der Waals surface area contributed by atoms with Gasteiger partial charge in [-0.25, -0.2) is 0 Å². The summed E-state index contributed by atoms with van der Waals surface area (Å²) >= 11 is 1.45. The molecule has 2 rings (SSSR count). The van der Waals surface area contributed by atoms with Crippen molar-refractivity contribution in [3.63, 3.8) is 0 Å². The summed E-state index contributed by atoms with van der Waals surface area (Å²) in [5.41, 5.74) is 5.78. The Balaban J connectivity index is 1.92. The minimum absolute atomic E-state index is 0.0225. The van der Waals surface area contributed by atoms with Gasteiger partial charge in [0, 0.05) is 26.2 Å². The maximum Gasteiger partial charge on any atom is 0.264 e. The quantitative estimate of drug-likeness (QED) is 0.898. The Labute approximate surface area is 129 Å². The molecule has 2 amide bonds. The van der Waals surface area contributed by atoms with Gasteiger partial charge in [-0.05, 0) is 16.9 Å². The Morgan fingerprint density at radius 2 is 1.76 bits per heavy atom. The zero-order chi connectivity index (χ0) is 15.6. The van der Waals surface area contributed by atoms with Crippen molar-refractivity contribution in [1.82, 2.24) is 9.80 Å². The van der Waals surface area contributed by atoms with Crippen LogP contribution in [0, 0.1) is 5.41 Å². The molecule has 5 nitrogen and oxygen atoms in total. The maximum atomic E-state index is 12.3. The number of nitrogens with zero attached hydrogens (tertiary/aromatic N) is 2. The topological polar surface area (TPSA) is 66.6 Å². The number of carbonyl (C=O) groups is 2. The summed E-state index contributed by atoms with van der Waals surface area (Å²) in [6.07, 6.45) is 0. The van der Waals surface area contributed by atoms with Crippen molar-refractivity contribution in [2.24, 2.45) is 11.1 Å². The molecule has 0 bridgehead atoms. The number of piperazine rings is 1. The number of nitrogens with two attached hydrogens (primary N) is 1. The van der Waals surface area contributed by atoms with Crippen LogP contribution in [0.3, 0.4) is 0 Å². The Bertz CT molecular complexity index is 499. The van der Waals surface area contributed by atoms with Gasteiger partial charge >= 0.3 is 0 Å². The van der Waals surface area contributed by atoms with E-state index in [0.29, 0.717) is 26.2 Å². The average molecular weight is 309 g/mol. The summed E-state index contributed by atoms with van der Waals surface area (Å²) in [4.78, 5) is 28.9. The number of hydrogen-bond donors (Lipinski definition) is 1. The Morgan fingerprint density at radius 3 is 2.24 bits per heavy atom. The molecule has 1 fully saturated rings. The first-order valence-corrected chi connectivity index (χ1v) is 8.06. The molecule has 1 aromatic rings. The molecule has 1 saturated heterocycles. The van der Waals surface area contributed by atoms with E-state index in [1.807, 2.05) is 38.3 Å². The highest BCUT2D eigenvalue weighted by molar-refractivity contribution is 7.12. The van der Waals surface area contributed by atoms with E-state index in [4.69, 9.17) is 5.73 Å². The van der Waals surface area contributed by atoms with Crippen LogP contribution in [0.25, 0.3) is 0 Å². The molecule has 21 heavy (non-hydrogen) atoms. The molecule has 116 valence electrons. The SMILES string of the molecule is CC(C)(C)[C@H](N)C(=O)N1CCN(C(=O)c2cccs2)CC1. The van der Waals surface area contributed by atoms with Gasteiger partial charge in [0.05, 0.1) is 10.9 Å². The molecule has 0 aromatic carbocycles. The van der Waals surface area contributed by atoms with E-state index >= 15 is 0 Å². The predicted octanol–water partition coefficient (Wildman–Crippen LogP) is 1.41. The predicted molar refractivity (Wildman–Crippen MR) is 84.2 cm³/mol. The summed E-state index contributed by atoms with van der Waals surface area (Å²) in [7, 11) is 0. The van der Waals surface area contributed by atoms with Crippen LogP contribution in [0.1, 0.15) is 30.4 Å². The van der Waals surface area contributed by atoms with E-state index in [-0.39, 0.29) is 17.2 Å². The summed E-state index contributed by atoms with van der Waals surface area (Å²) in [5, 5.41) is 1.90. The summed E-state index contributed by atoms with van der Waals surface area (Å²) in [6.45, 7) is 8.14. The lowest BCUT2D eigenvalue weighted by molar-refractivity contribution is -0.136. The fraction of sp³-hybridized carbons (Fsp3) is 0.600. The Hall–Kier alpha value is -1.40. The molecule has 6 heteroatoms. The summed E-state index contributed by atoms with van der Waals surface area (Å²) in [6, 6.07) is 3.21. The van der Waals surface area contributed by atoms with Crippen LogP contribution in [0.2, 0.25) is 0 Å². The lowest BCUT2D eigenvalue weighted by Crippen LogP contribution is -2.56. The van der Waals surface area contributed by atoms with E-state index < -0.39 is 6.04 Å². The molecule has 1 aromatic heterocycles. The number of amides is 2. The monoisotopic (exact) mass is 309 g/mol. The standard InChI is InChI=1S/C15H23N3O2S/c1-15(2,3)12(16)14(20)18-8-6-17(7-9-18)13(19)11-5-4-10-21-11/h4-5,10,12H,6-9,16H2,1-3H3/t12-/m1/s1. The first-order valence-electron chi connectivity index (χ1n) is 7.18. The van der Waals surface area contributed by atoms with Crippen molar-refractivity contribution in [3.8, 4) is 0 Å². The normalized spacial score (nSPS) is 17.7. The molecule has 0 spiro atoms. The van der Waals surface area contributed by atoms with Gasteiger partial charge in [0.2, 0.25) is 5.91 Å². The first kappa shape index (κ1) is 16.0. The minimum Gasteiger partial charge on any atom is -0.338 e. The molecule has 2 heterocycles. The third kappa shape index (κ3) is 3.63. The molecular formula is C15H23N3O2S. The van der Waals surface area contributed by atoms with E-state index in [1.54, 1.807) is 9.80 Å². The van der Waals surface area contributed by atoms with Crippen molar-refractivity contribution >= 4 is 23.2 Å². The fourth-order valence-corrected chi connectivity index (χ4v) is 2.94. The van der Waals surface area contributed by atoms with E-state index in [1.165, 1.54) is 11.3 Å². The van der Waals surface area contributed by atoms with Crippen molar-refractivity contribution in [2.45, 2.75) is 26.8 Å². The zero-order valence-electron chi connectivity index (χ0n) is 12.8. The Morgan fingerprint density at radius 1 is 1.19 bits per heavy atom. The van der Waals surface area contributed by atoms with E-state index in [0.717, 1.165) is 4.88 Å². The van der Waals surface area contributed by atoms with Gasteiger partial charge in [0.15, 0.2) is 0 Å². The highest BCUT2D eigenvalue weighted by Gasteiger charge is 2.33. The van der Waals surface area contributed by atoms with E-state index in [2.05, 4.69) is 0 Å². The largest absolute Gasteiger partial charge is 0.338 e. The van der Waals surface area contributed by atoms with Gasteiger partial charge in [-0.2, -0.15) is 0 Å². The molecule has 1 aliphatic heterocycles. The van der Waals surface area contributed by atoms with Gasteiger partial charge in [-0.3, -0.25) is 9.59 Å². The Kier molecular flexibility index (Phi) is 4.68. The van der Waals surface area contributed by atoms with Crippen LogP contribution < -0.4 is 5.73 Å². The molecule has 0 aliphatic carbocycles. The fourth-order valence-electron chi connectivity index (χ4n) is 2.25. The lowest BCUT2D eigenvalue weighted by Gasteiger charge is -2.38. The number of thiophene rings is 1. The average Bonchev–Trinajstić information content (AvgIpc) is 2.98. The third-order valence-electron chi connectivity index (χ3n) is 3.81. The van der Waals surface area contributed by atoms with Crippen LogP contribution in [-0.2, 0) is 4.79 Å². The highest BCUT2D eigenvalue weighted by atomic mass is 32.1. The minimum atomic E-state index is -0.503. The summed E-state index contributed by atoms with van der Waals surface area (Å²) < 4.78 is 0. The first-order chi connectivity index (χ1) is 9.80.